The van der Waals surface area contributed by atoms with Gasteiger partial charge in [0, 0.05) is 29.8 Å². The van der Waals surface area contributed by atoms with E-state index in [0.717, 1.165) is 41.4 Å². The maximum absolute atomic E-state index is 12.9. The lowest BCUT2D eigenvalue weighted by atomic mass is 10.1. The number of carbonyl (C=O) groups excluding carboxylic acids is 1. The molecule has 1 aromatic carbocycles. The number of pyridine rings is 1. The molecular weight excluding hydrogens is 336 g/mol. The predicted octanol–water partition coefficient (Wildman–Crippen LogP) is 3.91. The molecule has 0 spiro atoms. The molecule has 2 heterocycles. The van der Waals surface area contributed by atoms with Crippen molar-refractivity contribution < 1.29 is 4.79 Å². The highest BCUT2D eigenvalue weighted by molar-refractivity contribution is 6.05. The number of hydrogen-bond acceptors (Lipinski definition) is 3. The molecule has 0 unspecified atom stereocenters. The van der Waals surface area contributed by atoms with Gasteiger partial charge in [-0.15, -0.1) is 0 Å². The number of benzene rings is 1. The number of carbonyl (C=O) groups is 1. The summed E-state index contributed by atoms with van der Waals surface area (Å²) in [5, 5.41) is 6.38. The monoisotopic (exact) mass is 362 g/mol. The second-order valence-corrected chi connectivity index (χ2v) is 6.58. The maximum atomic E-state index is 12.9. The first-order valence-electron chi connectivity index (χ1n) is 9.26. The van der Waals surface area contributed by atoms with Crippen molar-refractivity contribution in [3.8, 4) is 0 Å². The molecule has 0 fully saturated rings. The zero-order valence-corrected chi connectivity index (χ0v) is 16.1. The van der Waals surface area contributed by atoms with Crippen molar-refractivity contribution in [2.24, 2.45) is 0 Å². The third-order valence-corrected chi connectivity index (χ3v) is 4.70. The van der Waals surface area contributed by atoms with Gasteiger partial charge in [-0.1, -0.05) is 31.2 Å². The number of amides is 1. The molecule has 0 bridgehead atoms. The van der Waals surface area contributed by atoms with E-state index in [1.165, 1.54) is 0 Å². The fraction of sp³-hybridized carbons (Fsp3) is 0.273. The second-order valence-electron chi connectivity index (χ2n) is 6.58. The lowest BCUT2D eigenvalue weighted by Gasteiger charge is -2.12. The summed E-state index contributed by atoms with van der Waals surface area (Å²) < 4.78 is 2.13. The van der Waals surface area contributed by atoms with Gasteiger partial charge < -0.3 is 15.2 Å². The Morgan fingerprint density at radius 3 is 2.63 bits per heavy atom. The summed E-state index contributed by atoms with van der Waals surface area (Å²) in [4.78, 5) is 17.3. The first-order valence-corrected chi connectivity index (χ1v) is 9.26. The van der Waals surface area contributed by atoms with Crippen LogP contribution in [0.2, 0.25) is 0 Å². The number of para-hydroxylation sites is 1. The van der Waals surface area contributed by atoms with Gasteiger partial charge in [-0.3, -0.25) is 9.78 Å². The summed E-state index contributed by atoms with van der Waals surface area (Å²) in [5.41, 5.74) is 5.58. The molecule has 0 aliphatic heterocycles. The van der Waals surface area contributed by atoms with E-state index in [-0.39, 0.29) is 5.91 Å². The Hall–Kier alpha value is -2.92. The van der Waals surface area contributed by atoms with Crippen LogP contribution in [-0.4, -0.2) is 22.0 Å². The van der Waals surface area contributed by atoms with Crippen LogP contribution in [0.5, 0.6) is 0 Å². The number of hydrogen-bond donors (Lipinski definition) is 2. The van der Waals surface area contributed by atoms with E-state index in [1.54, 1.807) is 6.20 Å². The van der Waals surface area contributed by atoms with Gasteiger partial charge in [-0.2, -0.15) is 0 Å². The van der Waals surface area contributed by atoms with Crippen LogP contribution in [0.3, 0.4) is 0 Å². The summed E-state index contributed by atoms with van der Waals surface area (Å²) in [5.74, 6) is -0.0840. The molecule has 140 valence electrons. The van der Waals surface area contributed by atoms with Crippen LogP contribution in [-0.2, 0) is 13.1 Å². The molecule has 1 amide bonds. The normalized spacial score (nSPS) is 10.8. The molecule has 0 radical (unpaired) electrons. The molecule has 3 aromatic rings. The van der Waals surface area contributed by atoms with Gasteiger partial charge in [0.05, 0.1) is 17.8 Å². The molecule has 3 rings (SSSR count). The molecular formula is C22H26N4O. The molecule has 2 aromatic heterocycles. The summed E-state index contributed by atoms with van der Waals surface area (Å²) in [6.07, 6.45) is 1.79. The molecule has 0 saturated heterocycles. The minimum absolute atomic E-state index is 0.0840. The van der Waals surface area contributed by atoms with Crippen LogP contribution in [0, 0.1) is 13.8 Å². The molecule has 0 aliphatic rings. The minimum atomic E-state index is -0.0840. The van der Waals surface area contributed by atoms with Crippen molar-refractivity contribution in [1.82, 2.24) is 14.9 Å². The number of nitrogens with one attached hydrogen (secondary N) is 2. The van der Waals surface area contributed by atoms with Gasteiger partial charge >= 0.3 is 0 Å². The van der Waals surface area contributed by atoms with Crippen LogP contribution < -0.4 is 10.6 Å². The van der Waals surface area contributed by atoms with Crippen LogP contribution in [0.4, 0.5) is 5.69 Å². The Balaban J connectivity index is 1.81. The van der Waals surface area contributed by atoms with Crippen LogP contribution >= 0.6 is 0 Å². The number of rotatable bonds is 7. The Labute approximate surface area is 160 Å². The average molecular weight is 362 g/mol. The molecule has 5 nitrogen and oxygen atoms in total. The Kier molecular flexibility index (Phi) is 6.04. The van der Waals surface area contributed by atoms with Gasteiger partial charge in [0.15, 0.2) is 0 Å². The van der Waals surface area contributed by atoms with E-state index < -0.39 is 0 Å². The van der Waals surface area contributed by atoms with Crippen LogP contribution in [0.25, 0.3) is 0 Å². The van der Waals surface area contributed by atoms with Gasteiger partial charge in [-0.25, -0.2) is 0 Å². The highest BCUT2D eigenvalue weighted by atomic mass is 16.1. The third-order valence-electron chi connectivity index (χ3n) is 4.70. The Morgan fingerprint density at radius 2 is 1.89 bits per heavy atom. The van der Waals surface area contributed by atoms with E-state index in [0.29, 0.717) is 12.1 Å². The van der Waals surface area contributed by atoms with E-state index >= 15 is 0 Å². The van der Waals surface area contributed by atoms with Gasteiger partial charge in [0.25, 0.3) is 5.91 Å². The minimum Gasteiger partial charge on any atom is -0.342 e. The van der Waals surface area contributed by atoms with Gasteiger partial charge in [-0.05, 0) is 50.2 Å². The average Bonchev–Trinajstić information content (AvgIpc) is 2.96. The van der Waals surface area contributed by atoms with Gasteiger partial charge in [0.2, 0.25) is 0 Å². The first kappa shape index (κ1) is 18.9. The molecule has 27 heavy (non-hydrogen) atoms. The maximum Gasteiger partial charge on any atom is 0.257 e. The van der Waals surface area contributed by atoms with E-state index in [4.69, 9.17) is 0 Å². The fourth-order valence-electron chi connectivity index (χ4n) is 3.17. The quantitative estimate of drug-likeness (QED) is 0.670. The molecule has 0 aliphatic carbocycles. The number of anilines is 1. The van der Waals surface area contributed by atoms with Crippen molar-refractivity contribution in [2.75, 3.05) is 11.9 Å². The zero-order valence-electron chi connectivity index (χ0n) is 16.1. The van der Waals surface area contributed by atoms with Crippen LogP contribution in [0.1, 0.15) is 39.9 Å². The predicted molar refractivity (Wildman–Crippen MR) is 109 cm³/mol. The highest BCUT2D eigenvalue weighted by Crippen LogP contribution is 2.20. The topological polar surface area (TPSA) is 58.9 Å². The standard InChI is InChI=1S/C22H26N4O/c1-4-23-14-18-9-5-6-11-21(18)25-22(27)20-13-16(2)26(17(20)3)15-19-10-7-8-12-24-19/h5-13,23H,4,14-15H2,1-3H3,(H,25,27). The van der Waals surface area contributed by atoms with Crippen molar-refractivity contribution >= 4 is 11.6 Å². The summed E-state index contributed by atoms with van der Waals surface area (Å²) >= 11 is 0. The number of aromatic nitrogens is 2. The summed E-state index contributed by atoms with van der Waals surface area (Å²) in [6.45, 7) is 8.34. The van der Waals surface area contributed by atoms with Crippen LogP contribution in [0.15, 0.2) is 54.7 Å². The summed E-state index contributed by atoms with van der Waals surface area (Å²) in [6, 6.07) is 15.7. The highest BCUT2D eigenvalue weighted by Gasteiger charge is 2.17. The first-order chi connectivity index (χ1) is 13.1. The Morgan fingerprint density at radius 1 is 1.11 bits per heavy atom. The molecule has 5 heteroatoms. The van der Waals surface area contributed by atoms with E-state index in [2.05, 4.69) is 27.1 Å². The smallest absolute Gasteiger partial charge is 0.257 e. The zero-order chi connectivity index (χ0) is 19.2. The van der Waals surface area contributed by atoms with E-state index in [1.807, 2.05) is 62.4 Å². The number of aryl methyl sites for hydroxylation is 1. The SMILES string of the molecule is CCNCc1ccccc1NC(=O)c1cc(C)n(Cc2ccccn2)c1C. The summed E-state index contributed by atoms with van der Waals surface area (Å²) in [7, 11) is 0. The second kappa shape index (κ2) is 8.64. The molecule has 2 N–H and O–H groups in total. The van der Waals surface area contributed by atoms with Crippen molar-refractivity contribution in [3.05, 3.63) is 82.9 Å². The fourth-order valence-corrected chi connectivity index (χ4v) is 3.17. The number of nitrogens with zero attached hydrogens (tertiary/aromatic N) is 2. The molecule has 0 saturated carbocycles. The Bertz CT molecular complexity index is 915. The lowest BCUT2D eigenvalue weighted by Crippen LogP contribution is -2.17. The van der Waals surface area contributed by atoms with Crippen molar-refractivity contribution in [2.45, 2.75) is 33.9 Å². The van der Waals surface area contributed by atoms with Crippen molar-refractivity contribution in [3.63, 3.8) is 0 Å². The van der Waals surface area contributed by atoms with Crippen molar-refractivity contribution in [1.29, 1.82) is 0 Å². The largest absolute Gasteiger partial charge is 0.342 e. The molecule has 0 atom stereocenters. The van der Waals surface area contributed by atoms with Gasteiger partial charge in [0.1, 0.15) is 0 Å². The third kappa shape index (κ3) is 4.44. The van der Waals surface area contributed by atoms with E-state index in [9.17, 15) is 4.79 Å². The lowest BCUT2D eigenvalue weighted by molar-refractivity contribution is 0.102.